The van der Waals surface area contributed by atoms with Gasteiger partial charge in [0.25, 0.3) is 10.0 Å². The van der Waals surface area contributed by atoms with Crippen molar-refractivity contribution in [3.63, 3.8) is 0 Å². The summed E-state index contributed by atoms with van der Waals surface area (Å²) in [4.78, 5) is 7.38. The molecule has 1 aromatic heterocycles. The van der Waals surface area contributed by atoms with E-state index in [0.717, 1.165) is 11.1 Å². The van der Waals surface area contributed by atoms with Crippen LogP contribution >= 0.6 is 11.6 Å². The van der Waals surface area contributed by atoms with E-state index in [4.69, 9.17) is 16.3 Å². The summed E-state index contributed by atoms with van der Waals surface area (Å²) in [5, 5.41) is 9.61. The van der Waals surface area contributed by atoms with E-state index in [0.29, 0.717) is 5.75 Å². The van der Waals surface area contributed by atoms with Gasteiger partial charge in [-0.3, -0.25) is 4.72 Å². The molecular formula is C23H15ClN4O3S. The van der Waals surface area contributed by atoms with Gasteiger partial charge in [-0.15, -0.1) is 0 Å². The number of para-hydroxylation sites is 1. The Morgan fingerprint density at radius 3 is 2.31 bits per heavy atom. The Balaban J connectivity index is 1.64. The molecule has 0 atom stereocenters. The summed E-state index contributed by atoms with van der Waals surface area (Å²) in [6.07, 6.45) is 2.49. The summed E-state index contributed by atoms with van der Waals surface area (Å²) in [7, 11) is -3.98. The summed E-state index contributed by atoms with van der Waals surface area (Å²) >= 11 is 5.62. The highest BCUT2D eigenvalue weighted by atomic mass is 35.5. The van der Waals surface area contributed by atoms with Crippen LogP contribution in [0.15, 0.2) is 90.1 Å². The number of hydrogen-bond donors (Lipinski definition) is 1. The molecule has 1 heterocycles. The van der Waals surface area contributed by atoms with Gasteiger partial charge >= 0.3 is 0 Å². The molecule has 4 aromatic rings. The first-order valence-corrected chi connectivity index (χ1v) is 11.2. The number of nitrogens with one attached hydrogen (secondary N) is 1. The number of nitrogens with zero attached hydrogens (tertiary/aromatic N) is 3. The van der Waals surface area contributed by atoms with Crippen molar-refractivity contribution < 1.29 is 13.2 Å². The maximum absolute atomic E-state index is 12.7. The highest BCUT2D eigenvalue weighted by Gasteiger charge is 2.18. The third-order valence-corrected chi connectivity index (χ3v) is 6.02. The monoisotopic (exact) mass is 462 g/mol. The fraction of sp³-hybridized carbons (Fsp3) is 0. The lowest BCUT2D eigenvalue weighted by Crippen LogP contribution is -2.13. The number of halogens is 1. The second-order valence-corrected chi connectivity index (χ2v) is 8.60. The third-order valence-electron chi connectivity index (χ3n) is 4.45. The zero-order chi connectivity index (χ0) is 22.6. The molecule has 0 unspecified atom stereocenters. The van der Waals surface area contributed by atoms with Gasteiger partial charge in [0.15, 0.2) is 0 Å². The lowest BCUT2D eigenvalue weighted by molar-refractivity contribution is 0.482. The van der Waals surface area contributed by atoms with Crippen LogP contribution in [0.25, 0.3) is 11.1 Å². The molecule has 4 rings (SSSR count). The second-order valence-electron chi connectivity index (χ2n) is 6.58. The number of aromatic nitrogens is 2. The van der Waals surface area contributed by atoms with E-state index in [1.807, 2.05) is 54.6 Å². The highest BCUT2D eigenvalue weighted by molar-refractivity contribution is 7.92. The topological polar surface area (TPSA) is 105 Å². The van der Waals surface area contributed by atoms with Crippen molar-refractivity contribution in [2.45, 2.75) is 4.90 Å². The number of sulfonamides is 1. The molecule has 0 aliphatic rings. The number of rotatable bonds is 6. The second kappa shape index (κ2) is 9.06. The van der Waals surface area contributed by atoms with Crippen molar-refractivity contribution in [3.8, 4) is 28.7 Å². The maximum Gasteiger partial charge on any atom is 0.262 e. The van der Waals surface area contributed by atoms with Crippen LogP contribution in [0.3, 0.4) is 0 Å². The number of anilines is 1. The van der Waals surface area contributed by atoms with E-state index < -0.39 is 10.0 Å². The van der Waals surface area contributed by atoms with Gasteiger partial charge in [-0.25, -0.2) is 18.4 Å². The van der Waals surface area contributed by atoms with E-state index in [1.165, 1.54) is 30.6 Å². The molecule has 0 radical (unpaired) electrons. The zero-order valence-electron chi connectivity index (χ0n) is 16.4. The van der Waals surface area contributed by atoms with E-state index in [9.17, 15) is 13.7 Å². The average Bonchev–Trinajstić information content (AvgIpc) is 2.81. The summed E-state index contributed by atoms with van der Waals surface area (Å²) in [5.41, 5.74) is 2.02. The third kappa shape index (κ3) is 4.70. The van der Waals surface area contributed by atoms with Gasteiger partial charge in [-0.2, -0.15) is 5.26 Å². The van der Waals surface area contributed by atoms with Gasteiger partial charge in [0.1, 0.15) is 17.6 Å². The summed E-state index contributed by atoms with van der Waals surface area (Å²) < 4.78 is 33.8. The number of benzene rings is 3. The summed E-state index contributed by atoms with van der Waals surface area (Å²) in [5.74, 6) is 0.784. The molecule has 1 N–H and O–H groups in total. The van der Waals surface area contributed by atoms with Gasteiger partial charge < -0.3 is 4.74 Å². The molecule has 0 spiro atoms. The van der Waals surface area contributed by atoms with Gasteiger partial charge in [0.05, 0.1) is 28.5 Å². The maximum atomic E-state index is 12.7. The molecular weight excluding hydrogens is 448 g/mol. The molecule has 158 valence electrons. The highest BCUT2D eigenvalue weighted by Crippen LogP contribution is 2.35. The Labute approximate surface area is 190 Å². The molecule has 0 aliphatic heterocycles. The van der Waals surface area contributed by atoms with Crippen molar-refractivity contribution in [3.05, 3.63) is 96.0 Å². The molecule has 0 fully saturated rings. The van der Waals surface area contributed by atoms with Gasteiger partial charge in [-0.1, -0.05) is 48.5 Å². The summed E-state index contributed by atoms with van der Waals surface area (Å²) in [6, 6.07) is 23.1. The van der Waals surface area contributed by atoms with E-state index in [-0.39, 0.29) is 27.2 Å². The van der Waals surface area contributed by atoms with Crippen molar-refractivity contribution in [1.82, 2.24) is 9.97 Å². The Bertz CT molecular complexity index is 1400. The molecule has 7 nitrogen and oxygen atoms in total. The van der Waals surface area contributed by atoms with Crippen LogP contribution < -0.4 is 9.46 Å². The predicted molar refractivity (Wildman–Crippen MR) is 121 cm³/mol. The SMILES string of the molecule is N#Cc1cc(S(=O)(=O)Nc2cnc(Cl)nc2)ccc1Oc1ccccc1-c1ccccc1. The normalized spacial score (nSPS) is 10.9. The summed E-state index contributed by atoms with van der Waals surface area (Å²) in [6.45, 7) is 0. The molecule has 0 saturated heterocycles. The first kappa shape index (κ1) is 21.3. The zero-order valence-corrected chi connectivity index (χ0v) is 18.0. The predicted octanol–water partition coefficient (Wildman–Crippen LogP) is 5.26. The Morgan fingerprint density at radius 2 is 1.59 bits per heavy atom. The van der Waals surface area contributed by atoms with E-state index >= 15 is 0 Å². The van der Waals surface area contributed by atoms with Crippen molar-refractivity contribution in [1.29, 1.82) is 5.26 Å². The Kier molecular flexibility index (Phi) is 6.03. The molecule has 0 bridgehead atoms. The first-order valence-electron chi connectivity index (χ1n) is 9.33. The average molecular weight is 463 g/mol. The van der Waals surface area contributed by atoms with Crippen LogP contribution in [-0.4, -0.2) is 18.4 Å². The van der Waals surface area contributed by atoms with E-state index in [2.05, 4.69) is 14.7 Å². The Morgan fingerprint density at radius 1 is 0.906 bits per heavy atom. The van der Waals surface area contributed by atoms with Gasteiger partial charge in [0, 0.05) is 5.56 Å². The molecule has 0 saturated carbocycles. The van der Waals surface area contributed by atoms with Crippen LogP contribution in [-0.2, 0) is 10.0 Å². The number of hydrogen-bond acceptors (Lipinski definition) is 6. The minimum absolute atomic E-state index is 0.00278. The molecule has 3 aromatic carbocycles. The van der Waals surface area contributed by atoms with E-state index in [1.54, 1.807) is 6.07 Å². The number of nitriles is 1. The van der Waals surface area contributed by atoms with Crippen LogP contribution in [0, 0.1) is 11.3 Å². The van der Waals surface area contributed by atoms with Gasteiger partial charge in [0.2, 0.25) is 5.28 Å². The standard InChI is InChI=1S/C23H15ClN4O3S/c24-23-26-14-18(15-27-23)28-32(29,30)19-10-11-21(17(12-19)13-25)31-22-9-5-4-8-20(22)16-6-2-1-3-7-16/h1-12,14-15,28H. The molecule has 32 heavy (non-hydrogen) atoms. The van der Waals surface area contributed by atoms with Crippen molar-refractivity contribution >= 4 is 27.3 Å². The molecule has 0 aliphatic carbocycles. The minimum atomic E-state index is -3.98. The first-order chi connectivity index (χ1) is 15.5. The molecule has 0 amide bonds. The van der Waals surface area contributed by atoms with Crippen LogP contribution in [0.4, 0.5) is 5.69 Å². The quantitative estimate of drug-likeness (QED) is 0.392. The van der Waals surface area contributed by atoms with Crippen molar-refractivity contribution in [2.75, 3.05) is 4.72 Å². The largest absolute Gasteiger partial charge is 0.455 e. The number of ether oxygens (including phenoxy) is 1. The van der Waals surface area contributed by atoms with Crippen LogP contribution in [0.5, 0.6) is 11.5 Å². The minimum Gasteiger partial charge on any atom is -0.455 e. The molecule has 9 heteroatoms. The fourth-order valence-corrected chi connectivity index (χ4v) is 4.11. The lowest BCUT2D eigenvalue weighted by atomic mass is 10.0. The lowest BCUT2D eigenvalue weighted by Gasteiger charge is -2.13. The smallest absolute Gasteiger partial charge is 0.262 e. The van der Waals surface area contributed by atoms with Crippen molar-refractivity contribution in [2.24, 2.45) is 0 Å². The fourth-order valence-electron chi connectivity index (χ4n) is 2.96. The van der Waals surface area contributed by atoms with Crippen LogP contribution in [0.1, 0.15) is 5.56 Å². The van der Waals surface area contributed by atoms with Crippen LogP contribution in [0.2, 0.25) is 5.28 Å². The Hall–Kier alpha value is -3.93. The van der Waals surface area contributed by atoms with Gasteiger partial charge in [-0.05, 0) is 41.4 Å².